The van der Waals surface area contributed by atoms with Crippen LogP contribution in [-0.2, 0) is 14.5 Å². The van der Waals surface area contributed by atoms with E-state index in [9.17, 15) is 8.42 Å². The van der Waals surface area contributed by atoms with Crippen LogP contribution in [0.15, 0.2) is 61.2 Å². The Morgan fingerprint density at radius 1 is 0.667 bits per heavy atom. The highest BCUT2D eigenvalue weighted by Crippen LogP contribution is 2.12. The molecule has 0 radical (unpaired) electrons. The quantitative estimate of drug-likeness (QED) is 0.259. The Morgan fingerprint density at radius 2 is 1.13 bits per heavy atom. The lowest BCUT2D eigenvalue weighted by Gasteiger charge is -2.03. The number of unbranched alkanes of at least 4 members (excludes halogenated alkanes) is 11. The van der Waals surface area contributed by atoms with Gasteiger partial charge in [-0.1, -0.05) is 93.7 Å². The normalized spacial score (nSPS) is 11.0. The van der Waals surface area contributed by atoms with Gasteiger partial charge in [-0.25, -0.2) is 4.18 Å². The summed E-state index contributed by atoms with van der Waals surface area (Å²) in [7, 11) is -3.66. The molecule has 0 bridgehead atoms. The van der Waals surface area contributed by atoms with E-state index in [2.05, 4.69) is 11.9 Å². The summed E-state index contributed by atoms with van der Waals surface area (Å²) in [6, 6.07) is 10.8. The van der Waals surface area contributed by atoms with Gasteiger partial charge in [0, 0.05) is 24.5 Å². The maximum atomic E-state index is 11.9. The van der Waals surface area contributed by atoms with Gasteiger partial charge in [0.05, 0.1) is 6.61 Å². The van der Waals surface area contributed by atoms with Crippen LogP contribution < -0.4 is 3.97 Å². The summed E-state index contributed by atoms with van der Waals surface area (Å²) in [6.07, 6.45) is 21.5. The van der Waals surface area contributed by atoms with E-state index in [1.807, 2.05) is 18.2 Å². The van der Waals surface area contributed by atoms with E-state index in [0.717, 1.165) is 23.2 Å². The zero-order valence-corrected chi connectivity index (χ0v) is 19.3. The number of hydrogen-bond acceptors (Lipinski definition) is 4. The van der Waals surface area contributed by atoms with Gasteiger partial charge in [-0.15, -0.1) is 8.42 Å². The summed E-state index contributed by atoms with van der Waals surface area (Å²) in [6.45, 7) is 2.52. The van der Waals surface area contributed by atoms with Gasteiger partial charge in [0.25, 0.3) is 0 Å². The molecular weight excluding hydrogens is 396 g/mol. The fourth-order valence-electron chi connectivity index (χ4n) is 3.01. The van der Waals surface area contributed by atoms with Crippen molar-refractivity contribution in [3.8, 4) is 0 Å². The lowest BCUT2D eigenvalue weighted by atomic mass is 10.1. The van der Waals surface area contributed by atoms with Crippen LogP contribution >= 0.6 is 0 Å². The van der Waals surface area contributed by atoms with Crippen molar-refractivity contribution in [1.29, 1.82) is 0 Å². The monoisotopic (exact) mass is 435 g/mol. The molecule has 2 rings (SSSR count). The van der Waals surface area contributed by atoms with Crippen LogP contribution in [0.3, 0.4) is 0 Å². The maximum absolute atomic E-state index is 11.9. The van der Waals surface area contributed by atoms with Crippen LogP contribution in [-0.4, -0.2) is 20.0 Å². The number of nitrogens with zero attached hydrogens (tertiary/aromatic N) is 2. The first kappa shape index (κ1) is 26.2. The molecule has 0 aliphatic heterocycles. The summed E-state index contributed by atoms with van der Waals surface area (Å²) in [5.74, 6) is 0. The Balaban J connectivity index is 0.000000637. The third kappa shape index (κ3) is 14.2. The van der Waals surface area contributed by atoms with E-state index in [1.54, 1.807) is 30.6 Å². The number of rotatable bonds is 15. The summed E-state index contributed by atoms with van der Waals surface area (Å²) in [5, 5.41) is 0. The molecule has 2 aromatic rings. The molecule has 0 saturated heterocycles. The standard InChI is InChI=1S/C19H34NO3S.C5H5N/c1-2-3-4-5-6-7-8-9-10-11-12-16-19-23-24(21,22)20-17-14-13-15-18-20;1-2-4-6-5-3-1/h13-15,17-18H,2-12,16,19H2,1H3;1-5H/q+1;. The molecule has 168 valence electrons. The van der Waals surface area contributed by atoms with Crippen molar-refractivity contribution < 1.29 is 16.6 Å². The van der Waals surface area contributed by atoms with Crippen LogP contribution in [0.5, 0.6) is 0 Å². The average molecular weight is 436 g/mol. The predicted molar refractivity (Wildman–Crippen MR) is 122 cm³/mol. The first-order chi connectivity index (χ1) is 14.7. The third-order valence-electron chi connectivity index (χ3n) is 4.74. The van der Waals surface area contributed by atoms with Gasteiger partial charge in [0.1, 0.15) is 0 Å². The minimum Gasteiger partial charge on any atom is -0.265 e. The first-order valence-corrected chi connectivity index (χ1v) is 12.7. The van der Waals surface area contributed by atoms with Crippen molar-refractivity contribution in [3.05, 3.63) is 61.2 Å². The van der Waals surface area contributed by atoms with Crippen molar-refractivity contribution in [3.63, 3.8) is 0 Å². The van der Waals surface area contributed by atoms with Gasteiger partial charge in [-0.2, -0.15) is 0 Å². The minimum atomic E-state index is -3.66. The molecule has 6 heteroatoms. The Hall–Kier alpha value is -1.79. The second-order valence-electron chi connectivity index (χ2n) is 7.40. The van der Waals surface area contributed by atoms with E-state index in [4.69, 9.17) is 4.18 Å². The van der Waals surface area contributed by atoms with Gasteiger partial charge in [0.15, 0.2) is 12.4 Å². The van der Waals surface area contributed by atoms with Crippen LogP contribution in [0.1, 0.15) is 84.0 Å². The van der Waals surface area contributed by atoms with Crippen LogP contribution in [0, 0.1) is 0 Å². The Labute approximate surface area is 183 Å². The number of aromatic nitrogens is 2. The summed E-state index contributed by atoms with van der Waals surface area (Å²) in [4.78, 5) is 3.78. The van der Waals surface area contributed by atoms with Crippen LogP contribution in [0.2, 0.25) is 0 Å². The third-order valence-corrected chi connectivity index (χ3v) is 5.97. The Bertz CT molecular complexity index is 683. The SMILES string of the molecule is CCCCCCCCCCCCCCOS(=O)(=O)[n+]1ccccc1.c1ccncc1. The molecule has 0 spiro atoms. The molecule has 0 saturated carbocycles. The van der Waals surface area contributed by atoms with E-state index in [-0.39, 0.29) is 6.61 Å². The Kier molecular flexibility index (Phi) is 15.8. The highest BCUT2D eigenvalue weighted by molar-refractivity contribution is 7.80. The van der Waals surface area contributed by atoms with Gasteiger partial charge >= 0.3 is 10.3 Å². The molecule has 0 unspecified atom stereocenters. The average Bonchev–Trinajstić information content (AvgIpc) is 2.79. The molecular formula is C24H39N2O3S+. The molecule has 0 aliphatic rings. The fourth-order valence-corrected chi connectivity index (χ4v) is 3.90. The molecule has 0 atom stereocenters. The minimum absolute atomic E-state index is 0.266. The summed E-state index contributed by atoms with van der Waals surface area (Å²) >= 11 is 0. The lowest BCUT2D eigenvalue weighted by Crippen LogP contribution is -2.43. The molecule has 0 amide bonds. The van der Waals surface area contributed by atoms with E-state index < -0.39 is 10.3 Å². The molecule has 0 aliphatic carbocycles. The van der Waals surface area contributed by atoms with Crippen LogP contribution in [0.25, 0.3) is 0 Å². The van der Waals surface area contributed by atoms with Gasteiger partial charge < -0.3 is 0 Å². The van der Waals surface area contributed by atoms with Crippen molar-refractivity contribution in [2.75, 3.05) is 6.61 Å². The van der Waals surface area contributed by atoms with Gasteiger partial charge in [0.2, 0.25) is 0 Å². The van der Waals surface area contributed by atoms with Crippen LogP contribution in [0.4, 0.5) is 0 Å². The zero-order valence-electron chi connectivity index (χ0n) is 18.5. The first-order valence-electron chi connectivity index (χ1n) is 11.4. The molecule has 0 fully saturated rings. The molecule has 2 heterocycles. The number of hydrogen-bond donors (Lipinski definition) is 0. The second kappa shape index (κ2) is 18.0. The predicted octanol–water partition coefficient (Wildman–Crippen LogP) is 5.87. The van der Waals surface area contributed by atoms with E-state index >= 15 is 0 Å². The molecule has 30 heavy (non-hydrogen) atoms. The molecule has 0 aromatic carbocycles. The summed E-state index contributed by atoms with van der Waals surface area (Å²) in [5.41, 5.74) is 0. The number of pyridine rings is 2. The second-order valence-corrected chi connectivity index (χ2v) is 8.91. The smallest absolute Gasteiger partial charge is 0.265 e. The van der Waals surface area contributed by atoms with E-state index in [0.29, 0.717) is 0 Å². The van der Waals surface area contributed by atoms with Crippen molar-refractivity contribution in [1.82, 2.24) is 4.98 Å². The van der Waals surface area contributed by atoms with Gasteiger partial charge in [-0.05, 0) is 18.6 Å². The zero-order chi connectivity index (χ0) is 21.8. The largest absolute Gasteiger partial charge is 0.513 e. The fraction of sp³-hybridized carbons (Fsp3) is 0.583. The summed E-state index contributed by atoms with van der Waals surface area (Å²) < 4.78 is 29.9. The Morgan fingerprint density at radius 3 is 1.57 bits per heavy atom. The topological polar surface area (TPSA) is 60.1 Å². The van der Waals surface area contributed by atoms with E-state index in [1.165, 1.54) is 70.2 Å². The maximum Gasteiger partial charge on any atom is 0.513 e. The molecule has 0 N–H and O–H groups in total. The van der Waals surface area contributed by atoms with Crippen molar-refractivity contribution in [2.45, 2.75) is 84.0 Å². The van der Waals surface area contributed by atoms with Crippen molar-refractivity contribution >= 4 is 10.3 Å². The van der Waals surface area contributed by atoms with Crippen molar-refractivity contribution in [2.24, 2.45) is 0 Å². The molecule has 5 nitrogen and oxygen atoms in total. The van der Waals surface area contributed by atoms with Gasteiger partial charge in [-0.3, -0.25) is 4.98 Å². The highest BCUT2D eigenvalue weighted by atomic mass is 32.2. The lowest BCUT2D eigenvalue weighted by molar-refractivity contribution is -0.520. The highest BCUT2D eigenvalue weighted by Gasteiger charge is 2.21. The molecule has 2 aromatic heterocycles.